The second kappa shape index (κ2) is 9.90. The van der Waals surface area contributed by atoms with Crippen LogP contribution in [-0.4, -0.2) is 33.3 Å². The Morgan fingerprint density at radius 3 is 2.38 bits per heavy atom. The molecule has 0 saturated heterocycles. The van der Waals surface area contributed by atoms with Crippen LogP contribution in [0.1, 0.15) is 11.3 Å². The maximum Gasteiger partial charge on any atom is 0.255 e. The van der Waals surface area contributed by atoms with Gasteiger partial charge in [0.1, 0.15) is 0 Å². The van der Waals surface area contributed by atoms with Gasteiger partial charge in [-0.15, -0.1) is 0 Å². The van der Waals surface area contributed by atoms with Gasteiger partial charge in [0.15, 0.2) is 5.16 Å². The van der Waals surface area contributed by atoms with E-state index in [0.29, 0.717) is 22.1 Å². The zero-order valence-electron chi connectivity index (χ0n) is 15.9. The molecule has 7 nitrogen and oxygen atoms in total. The topological polar surface area (TPSA) is 107 Å². The number of carbonyl (C=O) groups is 1. The summed E-state index contributed by atoms with van der Waals surface area (Å²) in [7, 11) is 0. The molecule has 3 rings (SSSR count). The van der Waals surface area contributed by atoms with Crippen molar-refractivity contribution >= 4 is 34.7 Å². The van der Waals surface area contributed by atoms with Crippen LogP contribution in [0.3, 0.4) is 0 Å². The molecule has 4 N–H and O–H groups in total. The number of hydrogen-bond acceptors (Lipinski definition) is 6. The van der Waals surface area contributed by atoms with E-state index in [1.165, 1.54) is 0 Å². The lowest BCUT2D eigenvalue weighted by Crippen LogP contribution is -2.19. The summed E-state index contributed by atoms with van der Waals surface area (Å²) in [6, 6.07) is 17.2. The Morgan fingerprint density at radius 1 is 1.07 bits per heavy atom. The van der Waals surface area contributed by atoms with Crippen molar-refractivity contribution in [1.82, 2.24) is 9.97 Å². The average molecular weight is 410 g/mol. The van der Waals surface area contributed by atoms with E-state index in [0.717, 1.165) is 23.1 Å². The SMILES string of the molecule is Cc1nc(SCC(=O)Nc2ccc(Nc3ccccc3)cc2)[nH]c(=O)c1CCO. The van der Waals surface area contributed by atoms with E-state index in [1.807, 2.05) is 54.6 Å². The summed E-state index contributed by atoms with van der Waals surface area (Å²) in [5.74, 6) is -0.0790. The van der Waals surface area contributed by atoms with Gasteiger partial charge in [-0.25, -0.2) is 4.98 Å². The number of rotatable bonds is 8. The number of H-pyrrole nitrogens is 1. The molecule has 0 unspecified atom stereocenters. The Morgan fingerprint density at radius 2 is 1.72 bits per heavy atom. The first-order valence-corrected chi connectivity index (χ1v) is 10.1. The van der Waals surface area contributed by atoms with Crippen molar-refractivity contribution in [3.8, 4) is 0 Å². The number of nitrogens with one attached hydrogen (secondary N) is 3. The summed E-state index contributed by atoms with van der Waals surface area (Å²) in [5.41, 5.74) is 3.34. The van der Waals surface area contributed by atoms with E-state index in [4.69, 9.17) is 5.11 Å². The Balaban J connectivity index is 1.54. The molecule has 0 bridgehead atoms. The molecule has 1 heterocycles. The third-order valence-electron chi connectivity index (χ3n) is 4.13. The number of amides is 1. The second-order valence-corrected chi connectivity index (χ2v) is 7.28. The molecule has 0 radical (unpaired) electrons. The van der Waals surface area contributed by atoms with E-state index in [2.05, 4.69) is 20.6 Å². The van der Waals surface area contributed by atoms with E-state index in [1.54, 1.807) is 6.92 Å². The minimum absolute atomic E-state index is 0.111. The molecule has 1 aromatic heterocycles. The van der Waals surface area contributed by atoms with Crippen molar-refractivity contribution in [3.63, 3.8) is 0 Å². The number of aliphatic hydroxyl groups is 1. The molecule has 1 amide bonds. The summed E-state index contributed by atoms with van der Waals surface area (Å²) < 4.78 is 0. The molecule has 0 saturated carbocycles. The summed E-state index contributed by atoms with van der Waals surface area (Å²) in [6.45, 7) is 1.61. The van der Waals surface area contributed by atoms with Gasteiger partial charge in [-0.3, -0.25) is 9.59 Å². The molecule has 29 heavy (non-hydrogen) atoms. The Kier molecular flexibility index (Phi) is 7.04. The van der Waals surface area contributed by atoms with E-state index in [9.17, 15) is 9.59 Å². The number of aromatic amines is 1. The fourth-order valence-corrected chi connectivity index (χ4v) is 3.42. The molecule has 0 fully saturated rings. The van der Waals surface area contributed by atoms with Crippen LogP contribution in [0.25, 0.3) is 0 Å². The van der Waals surface area contributed by atoms with Crippen LogP contribution in [0.5, 0.6) is 0 Å². The zero-order chi connectivity index (χ0) is 20.6. The maximum absolute atomic E-state index is 12.2. The van der Waals surface area contributed by atoms with E-state index < -0.39 is 0 Å². The van der Waals surface area contributed by atoms with Crippen molar-refractivity contribution in [1.29, 1.82) is 0 Å². The molecule has 0 atom stereocenters. The van der Waals surface area contributed by atoms with Crippen LogP contribution in [0, 0.1) is 6.92 Å². The first kappa shape index (κ1) is 20.6. The van der Waals surface area contributed by atoms with Gasteiger partial charge in [0, 0.05) is 41.3 Å². The minimum atomic E-state index is -0.282. The maximum atomic E-state index is 12.2. The molecular weight excluding hydrogens is 388 g/mol. The molecule has 0 spiro atoms. The highest BCUT2D eigenvalue weighted by Crippen LogP contribution is 2.19. The fourth-order valence-electron chi connectivity index (χ4n) is 2.72. The number of benzene rings is 2. The monoisotopic (exact) mass is 410 g/mol. The normalized spacial score (nSPS) is 10.6. The number of para-hydroxylation sites is 1. The predicted octanol–water partition coefficient (Wildman–Crippen LogP) is 3.09. The van der Waals surface area contributed by atoms with Gasteiger partial charge in [-0.05, 0) is 43.3 Å². The molecule has 0 aliphatic rings. The Hall–Kier alpha value is -3.10. The highest BCUT2D eigenvalue weighted by Gasteiger charge is 2.10. The lowest BCUT2D eigenvalue weighted by atomic mass is 10.2. The molecular formula is C21H22N4O3S. The molecule has 8 heteroatoms. The van der Waals surface area contributed by atoms with Crippen LogP contribution >= 0.6 is 11.8 Å². The lowest BCUT2D eigenvalue weighted by Gasteiger charge is -2.09. The smallest absolute Gasteiger partial charge is 0.255 e. The predicted molar refractivity (Wildman–Crippen MR) is 116 cm³/mol. The van der Waals surface area contributed by atoms with Crippen molar-refractivity contribution < 1.29 is 9.90 Å². The van der Waals surface area contributed by atoms with Gasteiger partial charge in [-0.2, -0.15) is 0 Å². The number of aliphatic hydroxyl groups excluding tert-OH is 1. The van der Waals surface area contributed by atoms with Gasteiger partial charge >= 0.3 is 0 Å². The van der Waals surface area contributed by atoms with Gasteiger partial charge < -0.3 is 20.7 Å². The average Bonchev–Trinajstić information content (AvgIpc) is 2.71. The zero-order valence-corrected chi connectivity index (χ0v) is 16.8. The Labute approximate surface area is 172 Å². The molecule has 0 aliphatic carbocycles. The number of aryl methyl sites for hydroxylation is 1. The van der Waals surface area contributed by atoms with Crippen LogP contribution in [0.2, 0.25) is 0 Å². The highest BCUT2D eigenvalue weighted by atomic mass is 32.2. The van der Waals surface area contributed by atoms with E-state index >= 15 is 0 Å². The summed E-state index contributed by atoms with van der Waals surface area (Å²) in [6.07, 6.45) is 0.259. The largest absolute Gasteiger partial charge is 0.396 e. The quantitative estimate of drug-likeness (QED) is 0.336. The van der Waals surface area contributed by atoms with Gasteiger partial charge in [0.25, 0.3) is 5.56 Å². The Bertz CT molecular complexity index is 1020. The number of thioether (sulfide) groups is 1. The molecule has 150 valence electrons. The third kappa shape index (κ3) is 5.94. The standard InChI is InChI=1S/C21H22N4O3S/c1-14-18(11-12-26)20(28)25-21(22-14)29-13-19(27)24-17-9-7-16(8-10-17)23-15-5-3-2-4-6-15/h2-10,23,26H,11-13H2,1H3,(H,24,27)(H,22,25,28). The van der Waals surface area contributed by atoms with Crippen LogP contribution < -0.4 is 16.2 Å². The number of hydrogen-bond donors (Lipinski definition) is 4. The number of aromatic nitrogens is 2. The first-order valence-electron chi connectivity index (χ1n) is 9.10. The number of carbonyl (C=O) groups excluding carboxylic acids is 1. The third-order valence-corrected chi connectivity index (χ3v) is 5.01. The number of nitrogens with zero attached hydrogens (tertiary/aromatic N) is 1. The second-order valence-electron chi connectivity index (χ2n) is 6.31. The van der Waals surface area contributed by atoms with Gasteiger partial charge in [0.05, 0.1) is 5.75 Å². The summed E-state index contributed by atoms with van der Waals surface area (Å²) in [4.78, 5) is 31.2. The van der Waals surface area contributed by atoms with Crippen LogP contribution in [0.15, 0.2) is 64.5 Å². The summed E-state index contributed by atoms with van der Waals surface area (Å²) >= 11 is 1.15. The van der Waals surface area contributed by atoms with Crippen molar-refractivity contribution in [2.45, 2.75) is 18.5 Å². The van der Waals surface area contributed by atoms with Crippen molar-refractivity contribution in [2.75, 3.05) is 23.0 Å². The fraction of sp³-hybridized carbons (Fsp3) is 0.190. The first-order chi connectivity index (χ1) is 14.0. The van der Waals surface area contributed by atoms with Gasteiger partial charge in [0.2, 0.25) is 5.91 Å². The van der Waals surface area contributed by atoms with Crippen molar-refractivity contribution in [3.05, 3.63) is 76.2 Å². The summed E-state index contributed by atoms with van der Waals surface area (Å²) in [5, 5.41) is 15.5. The number of anilines is 3. The van der Waals surface area contributed by atoms with Crippen molar-refractivity contribution in [2.24, 2.45) is 0 Å². The molecule has 2 aromatic carbocycles. The minimum Gasteiger partial charge on any atom is -0.396 e. The lowest BCUT2D eigenvalue weighted by molar-refractivity contribution is -0.113. The molecule has 3 aromatic rings. The van der Waals surface area contributed by atoms with E-state index in [-0.39, 0.29) is 30.2 Å². The van der Waals surface area contributed by atoms with Gasteiger partial charge in [-0.1, -0.05) is 30.0 Å². The highest BCUT2D eigenvalue weighted by molar-refractivity contribution is 7.99. The molecule has 0 aliphatic heterocycles. The van der Waals surface area contributed by atoms with Crippen LogP contribution in [0.4, 0.5) is 17.1 Å². The van der Waals surface area contributed by atoms with Crippen LogP contribution in [-0.2, 0) is 11.2 Å².